The van der Waals surface area contributed by atoms with Crippen LogP contribution in [0.3, 0.4) is 0 Å². The molecule has 12 aromatic carbocycles. The summed E-state index contributed by atoms with van der Waals surface area (Å²) in [6, 6.07) is 101. The predicted octanol–water partition coefficient (Wildman–Crippen LogP) is 21.0. The van der Waals surface area contributed by atoms with E-state index >= 15 is 0 Å². The highest BCUT2D eigenvalue weighted by atomic mass is 16.3. The minimum Gasteiger partial charge on any atom is -0.455 e. The second-order valence-corrected chi connectivity index (χ2v) is 21.3. The lowest BCUT2D eigenvalue weighted by Gasteiger charge is -2.32. The van der Waals surface area contributed by atoms with E-state index in [4.69, 9.17) is 4.42 Å². The van der Waals surface area contributed by atoms with Crippen molar-refractivity contribution in [2.75, 3.05) is 4.90 Å². The lowest BCUT2D eigenvalue weighted by molar-refractivity contribution is 0.670. The fourth-order valence-electron chi connectivity index (χ4n) is 13.6. The van der Waals surface area contributed by atoms with Gasteiger partial charge in [0.1, 0.15) is 11.2 Å². The van der Waals surface area contributed by atoms with E-state index in [1.807, 2.05) is 12.1 Å². The van der Waals surface area contributed by atoms with E-state index in [9.17, 15) is 0 Å². The molecule has 0 N–H and O–H groups in total. The fraction of sp³-hybridized carbons (Fsp3) is 0.0649. The average Bonchev–Trinajstić information content (AvgIpc) is 2.32. The Labute approximate surface area is 462 Å². The third kappa shape index (κ3) is 7.32. The molecule has 1 spiro atoms. The van der Waals surface area contributed by atoms with Gasteiger partial charge in [-0.15, -0.1) is 0 Å². The quantitative estimate of drug-likeness (QED) is 0.136. The van der Waals surface area contributed by atoms with Crippen molar-refractivity contribution in [1.29, 1.82) is 0 Å². The highest BCUT2D eigenvalue weighted by Gasteiger charge is 2.52. The van der Waals surface area contributed by atoms with Crippen molar-refractivity contribution in [3.8, 4) is 77.9 Å². The molecule has 0 bridgehead atoms. The molecule has 13 aromatic rings. The van der Waals surface area contributed by atoms with E-state index in [1.165, 1.54) is 89.0 Å². The summed E-state index contributed by atoms with van der Waals surface area (Å²) >= 11 is 0. The zero-order valence-corrected chi connectivity index (χ0v) is 44.3. The smallest absolute Gasteiger partial charge is 0.143 e. The van der Waals surface area contributed by atoms with Crippen LogP contribution in [0.15, 0.2) is 277 Å². The van der Waals surface area contributed by atoms with Crippen molar-refractivity contribution in [1.82, 2.24) is 0 Å². The molecule has 0 radical (unpaired) electrons. The van der Waals surface area contributed by atoms with Gasteiger partial charge in [0, 0.05) is 33.4 Å². The van der Waals surface area contributed by atoms with Gasteiger partial charge in [-0.3, -0.25) is 0 Å². The zero-order valence-electron chi connectivity index (χ0n) is 44.3. The minimum absolute atomic E-state index is 0.469. The number of fused-ring (bicyclic) bond motifs is 13. The largest absolute Gasteiger partial charge is 0.455 e. The van der Waals surface area contributed by atoms with Gasteiger partial charge in [-0.05, 0) is 162 Å². The summed E-state index contributed by atoms with van der Waals surface area (Å²) in [7, 11) is 0. The first-order chi connectivity index (χ1) is 39.1. The maximum absolute atomic E-state index is 6.44. The fourth-order valence-corrected chi connectivity index (χ4v) is 13.6. The molecule has 2 aliphatic rings. The van der Waals surface area contributed by atoms with E-state index in [0.717, 1.165) is 74.1 Å². The second-order valence-electron chi connectivity index (χ2n) is 21.3. The van der Waals surface area contributed by atoms with Crippen molar-refractivity contribution in [3.63, 3.8) is 0 Å². The van der Waals surface area contributed by atoms with Crippen molar-refractivity contribution >= 4 is 39.0 Å². The summed E-state index contributed by atoms with van der Waals surface area (Å²) in [4.78, 5) is 2.43. The Hall–Kier alpha value is -9.76. The van der Waals surface area contributed by atoms with Gasteiger partial charge in [0.15, 0.2) is 0 Å². The molecule has 79 heavy (non-hydrogen) atoms. The molecule has 1 heterocycles. The summed E-state index contributed by atoms with van der Waals surface area (Å²) in [5.74, 6) is 0. The first kappa shape index (κ1) is 46.5. The van der Waals surface area contributed by atoms with E-state index in [1.54, 1.807) is 0 Å². The van der Waals surface area contributed by atoms with E-state index in [-0.39, 0.29) is 0 Å². The van der Waals surface area contributed by atoms with E-state index < -0.39 is 5.41 Å². The molecule has 2 aliphatic carbocycles. The predicted molar refractivity (Wildman–Crippen MR) is 331 cm³/mol. The molecule has 0 atom stereocenters. The van der Waals surface area contributed by atoms with Gasteiger partial charge >= 0.3 is 0 Å². The Balaban J connectivity index is 0.851. The standard InChI is InChI=1S/C77H55NO/c1-3-18-63-60(27-15-30-64(63)59-22-5-4-19-50(59)2)53-43-47-57(48-44-53)78(56-45-41-52(42-46-56)51-37-39-54(40-38-51)62-29-17-32-70-68-26-9-13-36-74(68)79-76(62)70)58-21-14-20-55(49-58)61-28-16-31-69-67-25-8-12-35-73(67)77(75(61)69)71-33-10-6-23-65(71)66-24-7-11-34-72(66)77/h4-17,19-49H,3,18H2,1-2H3. The highest BCUT2D eigenvalue weighted by Crippen LogP contribution is 2.64. The number of rotatable bonds is 10. The van der Waals surface area contributed by atoms with Crippen LogP contribution in [0.1, 0.15) is 46.7 Å². The van der Waals surface area contributed by atoms with Gasteiger partial charge in [-0.1, -0.05) is 244 Å². The third-order valence-corrected chi connectivity index (χ3v) is 17.0. The summed E-state index contributed by atoms with van der Waals surface area (Å²) in [6.07, 6.45) is 2.06. The Kier molecular flexibility index (Phi) is 11.1. The molecule has 0 saturated heterocycles. The molecule has 0 saturated carbocycles. The molecule has 0 unspecified atom stereocenters. The molecular weight excluding hydrogens is 955 g/mol. The van der Waals surface area contributed by atoms with Crippen LogP contribution in [0.4, 0.5) is 17.1 Å². The topological polar surface area (TPSA) is 16.4 Å². The van der Waals surface area contributed by atoms with Crippen LogP contribution in [0, 0.1) is 6.92 Å². The molecule has 0 amide bonds. The van der Waals surface area contributed by atoms with E-state index in [0.29, 0.717) is 0 Å². The Morgan fingerprint density at radius 3 is 1.48 bits per heavy atom. The summed E-state index contributed by atoms with van der Waals surface area (Å²) in [5.41, 5.74) is 30.0. The van der Waals surface area contributed by atoms with Crippen molar-refractivity contribution in [3.05, 3.63) is 306 Å². The Morgan fingerprint density at radius 2 is 0.810 bits per heavy atom. The Bertz CT molecular complexity index is 4440. The van der Waals surface area contributed by atoms with E-state index in [2.05, 4.69) is 280 Å². The SMILES string of the molecule is CCCc1c(-c2ccc(N(c3ccc(-c4ccc(-c5cccc6c5oc5ccccc56)cc4)cc3)c3cccc(-c4cccc5c4C4(c6ccccc6-c6ccccc64)c4ccccc4-5)c3)cc2)cccc1-c1ccccc1C. The van der Waals surface area contributed by atoms with Gasteiger partial charge < -0.3 is 9.32 Å². The maximum atomic E-state index is 6.44. The molecule has 15 rings (SSSR count). The molecule has 2 heteroatoms. The molecule has 374 valence electrons. The highest BCUT2D eigenvalue weighted by molar-refractivity contribution is 6.09. The number of furan rings is 1. The van der Waals surface area contributed by atoms with Crippen molar-refractivity contribution < 1.29 is 4.42 Å². The van der Waals surface area contributed by atoms with Crippen LogP contribution >= 0.6 is 0 Å². The lowest BCUT2D eigenvalue weighted by Crippen LogP contribution is -2.26. The summed E-state index contributed by atoms with van der Waals surface area (Å²) in [5, 5.41) is 2.28. The zero-order chi connectivity index (χ0) is 52.6. The summed E-state index contributed by atoms with van der Waals surface area (Å²) < 4.78 is 6.44. The van der Waals surface area contributed by atoms with Crippen molar-refractivity contribution in [2.45, 2.75) is 32.1 Å². The van der Waals surface area contributed by atoms with Gasteiger partial charge in [0.25, 0.3) is 0 Å². The number of hydrogen-bond acceptors (Lipinski definition) is 2. The molecule has 0 fully saturated rings. The first-order valence-corrected chi connectivity index (χ1v) is 27.8. The normalized spacial score (nSPS) is 12.6. The maximum Gasteiger partial charge on any atom is 0.143 e. The van der Waals surface area contributed by atoms with Gasteiger partial charge in [-0.25, -0.2) is 0 Å². The Morgan fingerprint density at radius 1 is 0.342 bits per heavy atom. The van der Waals surface area contributed by atoms with Crippen LogP contribution in [0.25, 0.3) is 99.8 Å². The molecule has 0 aliphatic heterocycles. The lowest BCUT2D eigenvalue weighted by atomic mass is 9.68. The molecular formula is C77H55NO. The van der Waals surface area contributed by atoms with Crippen LogP contribution in [0.2, 0.25) is 0 Å². The first-order valence-electron chi connectivity index (χ1n) is 27.8. The van der Waals surface area contributed by atoms with Crippen LogP contribution in [0.5, 0.6) is 0 Å². The second kappa shape index (κ2) is 18.8. The number of aryl methyl sites for hydroxylation is 1. The van der Waals surface area contributed by atoms with Crippen LogP contribution in [-0.2, 0) is 11.8 Å². The monoisotopic (exact) mass is 1010 g/mol. The minimum atomic E-state index is -0.469. The van der Waals surface area contributed by atoms with Crippen molar-refractivity contribution in [2.24, 2.45) is 0 Å². The van der Waals surface area contributed by atoms with Gasteiger partial charge in [-0.2, -0.15) is 0 Å². The van der Waals surface area contributed by atoms with Gasteiger partial charge in [0.2, 0.25) is 0 Å². The van der Waals surface area contributed by atoms with Gasteiger partial charge in [0.05, 0.1) is 5.41 Å². The molecule has 1 aromatic heterocycles. The van der Waals surface area contributed by atoms with Crippen LogP contribution < -0.4 is 4.90 Å². The number of hydrogen-bond donors (Lipinski definition) is 0. The number of anilines is 3. The van der Waals surface area contributed by atoms with Crippen LogP contribution in [-0.4, -0.2) is 0 Å². The average molecular weight is 1010 g/mol. The third-order valence-electron chi connectivity index (χ3n) is 17.0. The number of benzene rings is 12. The molecule has 2 nitrogen and oxygen atoms in total. The number of nitrogens with zero attached hydrogens (tertiary/aromatic N) is 1. The number of para-hydroxylation sites is 2. The summed E-state index contributed by atoms with van der Waals surface area (Å²) in [6.45, 7) is 4.50.